The van der Waals surface area contributed by atoms with Crippen molar-refractivity contribution >= 4 is 41.5 Å². The number of ether oxygens (including phenoxy) is 1. The molecule has 1 aliphatic rings. The molecule has 1 aromatic carbocycles. The van der Waals surface area contributed by atoms with Gasteiger partial charge in [-0.05, 0) is 50.3 Å². The Hall–Kier alpha value is -1.61. The van der Waals surface area contributed by atoms with Crippen LogP contribution in [0.25, 0.3) is 0 Å². The first-order valence-corrected chi connectivity index (χ1v) is 9.75. The highest BCUT2D eigenvalue weighted by Crippen LogP contribution is 2.16. The Balaban J connectivity index is 0.00000392. The van der Waals surface area contributed by atoms with Crippen LogP contribution in [-0.2, 0) is 16.1 Å². The summed E-state index contributed by atoms with van der Waals surface area (Å²) >= 11 is 0. The van der Waals surface area contributed by atoms with E-state index in [2.05, 4.69) is 29.0 Å². The van der Waals surface area contributed by atoms with E-state index in [4.69, 9.17) is 9.73 Å². The van der Waals surface area contributed by atoms with Crippen LogP contribution in [0.2, 0.25) is 0 Å². The van der Waals surface area contributed by atoms with Crippen molar-refractivity contribution in [2.24, 2.45) is 4.99 Å². The van der Waals surface area contributed by atoms with E-state index in [0.29, 0.717) is 13.2 Å². The van der Waals surface area contributed by atoms with E-state index in [1.54, 1.807) is 0 Å². The summed E-state index contributed by atoms with van der Waals surface area (Å²) in [5, 5.41) is 6.27. The van der Waals surface area contributed by atoms with E-state index in [-0.39, 0.29) is 36.0 Å². The lowest BCUT2D eigenvalue weighted by Crippen LogP contribution is -2.39. The van der Waals surface area contributed by atoms with Crippen LogP contribution < -0.4 is 10.6 Å². The van der Waals surface area contributed by atoms with Crippen LogP contribution in [0.15, 0.2) is 41.9 Å². The number of carbonyl (C=O) groups excluding carboxylic acids is 1. The minimum Gasteiger partial charge on any atom is -0.368 e. The molecule has 2 rings (SSSR count). The number of hydrogen-bond donors (Lipinski definition) is 2. The number of anilines is 1. The van der Waals surface area contributed by atoms with Gasteiger partial charge in [-0.15, -0.1) is 30.6 Å². The maximum Gasteiger partial charge on any atom is 0.253 e. The van der Waals surface area contributed by atoms with Crippen molar-refractivity contribution in [2.45, 2.75) is 45.3 Å². The van der Waals surface area contributed by atoms with Crippen molar-refractivity contribution in [3.63, 3.8) is 0 Å². The summed E-state index contributed by atoms with van der Waals surface area (Å²) in [6, 6.07) is 7.83. The van der Waals surface area contributed by atoms with Gasteiger partial charge in [-0.3, -0.25) is 4.79 Å². The summed E-state index contributed by atoms with van der Waals surface area (Å²) in [5.74, 6) is 0.818. The summed E-state index contributed by atoms with van der Waals surface area (Å²) in [6.07, 6.45) is 5.40. The van der Waals surface area contributed by atoms with E-state index in [9.17, 15) is 4.79 Å². The molecule has 7 heteroatoms. The molecule has 1 heterocycles. The first-order valence-electron chi connectivity index (χ1n) is 9.75. The third-order valence-corrected chi connectivity index (χ3v) is 4.43. The third kappa shape index (κ3) is 8.18. The van der Waals surface area contributed by atoms with Gasteiger partial charge in [0.25, 0.3) is 5.91 Å². The van der Waals surface area contributed by atoms with Gasteiger partial charge >= 0.3 is 0 Å². The van der Waals surface area contributed by atoms with Gasteiger partial charge in [-0.1, -0.05) is 18.2 Å². The molecular formula is C21H33IN4O2. The molecule has 0 spiro atoms. The molecule has 1 amide bonds. The molecule has 1 unspecified atom stereocenters. The molecule has 1 saturated heterocycles. The lowest BCUT2D eigenvalue weighted by molar-refractivity contribution is -0.124. The zero-order valence-corrected chi connectivity index (χ0v) is 19.3. The first-order chi connectivity index (χ1) is 13.1. The Morgan fingerprint density at radius 3 is 2.96 bits per heavy atom. The largest absolute Gasteiger partial charge is 0.368 e. The van der Waals surface area contributed by atoms with Gasteiger partial charge in [0.05, 0.1) is 6.54 Å². The van der Waals surface area contributed by atoms with E-state index < -0.39 is 0 Å². The molecule has 2 N–H and O–H groups in total. The Bertz CT molecular complexity index is 645. The van der Waals surface area contributed by atoms with Crippen LogP contribution >= 0.6 is 24.0 Å². The van der Waals surface area contributed by atoms with Gasteiger partial charge in [0.1, 0.15) is 6.10 Å². The smallest absolute Gasteiger partial charge is 0.253 e. The van der Waals surface area contributed by atoms with Gasteiger partial charge in [0.2, 0.25) is 0 Å². The number of carbonyl (C=O) groups is 1. The maximum absolute atomic E-state index is 12.2. The Kier molecular flexibility index (Phi) is 11.8. The van der Waals surface area contributed by atoms with Crippen LogP contribution in [0.4, 0.5) is 5.69 Å². The molecule has 0 radical (unpaired) electrons. The number of amides is 1. The Morgan fingerprint density at radius 2 is 2.29 bits per heavy atom. The van der Waals surface area contributed by atoms with Crippen molar-refractivity contribution in [3.05, 3.63) is 42.5 Å². The second-order valence-corrected chi connectivity index (χ2v) is 6.71. The van der Waals surface area contributed by atoms with Crippen LogP contribution in [0, 0.1) is 0 Å². The highest BCUT2D eigenvalue weighted by atomic mass is 127. The minimum absolute atomic E-state index is 0. The molecule has 1 aromatic rings. The van der Waals surface area contributed by atoms with E-state index in [0.717, 1.165) is 56.0 Å². The molecule has 1 atom stereocenters. The molecule has 0 aliphatic carbocycles. The minimum atomic E-state index is -0.323. The van der Waals surface area contributed by atoms with Crippen LogP contribution in [0.5, 0.6) is 0 Å². The number of halogens is 1. The molecule has 1 aliphatic heterocycles. The monoisotopic (exact) mass is 500 g/mol. The molecule has 0 bridgehead atoms. The topological polar surface area (TPSA) is 66.0 Å². The summed E-state index contributed by atoms with van der Waals surface area (Å²) in [6.45, 7) is 8.80. The van der Waals surface area contributed by atoms with E-state index >= 15 is 0 Å². The maximum atomic E-state index is 12.2. The fraction of sp³-hybridized carbons (Fsp3) is 0.524. The van der Waals surface area contributed by atoms with E-state index in [1.165, 1.54) is 0 Å². The normalized spacial score (nSPS) is 16.2. The van der Waals surface area contributed by atoms with E-state index in [1.807, 2.05) is 37.4 Å². The van der Waals surface area contributed by atoms with Crippen molar-refractivity contribution in [1.82, 2.24) is 10.2 Å². The number of hydrogen-bond acceptors (Lipinski definition) is 3. The van der Waals surface area contributed by atoms with Crippen molar-refractivity contribution in [2.75, 3.05) is 32.1 Å². The second kappa shape index (κ2) is 13.5. The first kappa shape index (κ1) is 24.4. The third-order valence-electron chi connectivity index (χ3n) is 4.43. The predicted molar refractivity (Wildman–Crippen MR) is 126 cm³/mol. The Labute approximate surface area is 185 Å². The molecule has 156 valence electrons. The van der Waals surface area contributed by atoms with Crippen molar-refractivity contribution in [1.29, 1.82) is 0 Å². The number of nitrogens with one attached hydrogen (secondary N) is 2. The lowest BCUT2D eigenvalue weighted by Gasteiger charge is -2.21. The number of nitrogens with zero attached hydrogens (tertiary/aromatic N) is 2. The summed E-state index contributed by atoms with van der Waals surface area (Å²) in [5.41, 5.74) is 1.84. The fourth-order valence-corrected chi connectivity index (χ4v) is 2.97. The lowest BCUT2D eigenvalue weighted by atomic mass is 10.2. The van der Waals surface area contributed by atoms with Gasteiger partial charge in [0.15, 0.2) is 5.96 Å². The standard InChI is InChI=1S/C21H32N4O2.HI/c1-4-6-7-13-25(3)21(22-5-2)23-16-17-10-8-11-18(15-17)24-20(26)19-12-9-14-27-19;/h4,8,10-11,15,19H,1,5-7,9,12-14,16H2,2-3H3,(H,22,23)(H,24,26);1H. The number of allylic oxidation sites excluding steroid dienone is 1. The SMILES string of the molecule is C=CCCCN(C)C(=NCc1cccc(NC(=O)C2CCCO2)c1)NCC.I. The fourth-order valence-electron chi connectivity index (χ4n) is 2.97. The number of guanidine groups is 1. The second-order valence-electron chi connectivity index (χ2n) is 6.71. The molecule has 28 heavy (non-hydrogen) atoms. The molecule has 0 aromatic heterocycles. The molecular weight excluding hydrogens is 467 g/mol. The molecule has 6 nitrogen and oxygen atoms in total. The van der Waals surface area contributed by atoms with Gasteiger partial charge < -0.3 is 20.3 Å². The van der Waals surface area contributed by atoms with Crippen molar-refractivity contribution < 1.29 is 9.53 Å². The zero-order valence-electron chi connectivity index (χ0n) is 16.9. The number of unbranched alkanes of at least 4 members (excludes halogenated alkanes) is 1. The highest BCUT2D eigenvalue weighted by Gasteiger charge is 2.23. The van der Waals surface area contributed by atoms with Gasteiger partial charge in [-0.25, -0.2) is 4.99 Å². The summed E-state index contributed by atoms with van der Waals surface area (Å²) in [7, 11) is 2.04. The number of benzene rings is 1. The van der Waals surface area contributed by atoms with Crippen LogP contribution in [0.3, 0.4) is 0 Å². The highest BCUT2D eigenvalue weighted by molar-refractivity contribution is 14.0. The number of aliphatic imine (C=N–C) groups is 1. The average Bonchev–Trinajstić information content (AvgIpc) is 3.20. The summed E-state index contributed by atoms with van der Waals surface area (Å²) < 4.78 is 5.44. The predicted octanol–water partition coefficient (Wildman–Crippen LogP) is 3.79. The molecule has 1 fully saturated rings. The van der Waals surface area contributed by atoms with Crippen LogP contribution in [0.1, 0.15) is 38.2 Å². The van der Waals surface area contributed by atoms with Gasteiger partial charge in [-0.2, -0.15) is 0 Å². The summed E-state index contributed by atoms with van der Waals surface area (Å²) in [4.78, 5) is 19.1. The quantitative estimate of drug-likeness (QED) is 0.178. The average molecular weight is 500 g/mol. The van der Waals surface area contributed by atoms with Crippen molar-refractivity contribution in [3.8, 4) is 0 Å². The Morgan fingerprint density at radius 1 is 1.46 bits per heavy atom. The number of rotatable bonds is 9. The van der Waals surface area contributed by atoms with Crippen LogP contribution in [-0.4, -0.2) is 49.6 Å². The van der Waals surface area contributed by atoms with Gasteiger partial charge in [0, 0.05) is 32.4 Å². The molecule has 0 saturated carbocycles. The zero-order chi connectivity index (χ0) is 19.5.